The first kappa shape index (κ1) is 14.3. The van der Waals surface area contributed by atoms with Crippen molar-refractivity contribution in [1.82, 2.24) is 4.90 Å². The van der Waals surface area contributed by atoms with Gasteiger partial charge in [-0.05, 0) is 30.4 Å². The van der Waals surface area contributed by atoms with Crippen LogP contribution < -0.4 is 5.73 Å². The molecule has 1 atom stereocenters. The minimum Gasteiger partial charge on any atom is -0.326 e. The number of likely N-dealkylation sites (tertiary alicyclic amines) is 1. The molecular weight excluding hydrogens is 256 g/mol. The zero-order valence-corrected chi connectivity index (χ0v) is 12.5. The molecule has 1 fully saturated rings. The zero-order chi connectivity index (χ0) is 14.5. The predicted molar refractivity (Wildman–Crippen MR) is 88.2 cm³/mol. The van der Waals surface area contributed by atoms with Gasteiger partial charge < -0.3 is 5.73 Å². The lowest BCUT2D eigenvalue weighted by atomic mass is 9.98. The van der Waals surface area contributed by atoms with Crippen molar-refractivity contribution in [3.05, 3.63) is 71.8 Å². The second kappa shape index (κ2) is 6.88. The van der Waals surface area contributed by atoms with Gasteiger partial charge in [-0.2, -0.15) is 0 Å². The van der Waals surface area contributed by atoms with Crippen LogP contribution in [0.2, 0.25) is 0 Å². The van der Waals surface area contributed by atoms with Crippen LogP contribution in [0.15, 0.2) is 60.7 Å². The summed E-state index contributed by atoms with van der Waals surface area (Å²) >= 11 is 0. The Balaban J connectivity index is 1.74. The van der Waals surface area contributed by atoms with Crippen molar-refractivity contribution in [1.29, 1.82) is 0 Å². The Morgan fingerprint density at radius 3 is 1.86 bits per heavy atom. The van der Waals surface area contributed by atoms with Crippen LogP contribution in [0.5, 0.6) is 0 Å². The highest BCUT2D eigenvalue weighted by molar-refractivity contribution is 5.20. The molecule has 21 heavy (non-hydrogen) atoms. The third kappa shape index (κ3) is 3.93. The van der Waals surface area contributed by atoms with Crippen molar-refractivity contribution in [2.24, 2.45) is 5.73 Å². The van der Waals surface area contributed by atoms with Crippen molar-refractivity contribution in [2.75, 3.05) is 13.1 Å². The molecule has 2 nitrogen and oxygen atoms in total. The van der Waals surface area contributed by atoms with Crippen LogP contribution in [0.25, 0.3) is 0 Å². The highest BCUT2D eigenvalue weighted by Crippen LogP contribution is 2.19. The van der Waals surface area contributed by atoms with Gasteiger partial charge in [-0.1, -0.05) is 60.7 Å². The Bertz CT molecular complexity index is 497. The second-order valence-electron chi connectivity index (χ2n) is 6.08. The molecule has 1 aliphatic rings. The molecule has 0 bridgehead atoms. The first-order chi connectivity index (χ1) is 10.3. The van der Waals surface area contributed by atoms with E-state index in [0.717, 1.165) is 32.4 Å². The Labute approximate surface area is 127 Å². The molecular formula is C19H24N2. The van der Waals surface area contributed by atoms with E-state index in [1.165, 1.54) is 11.1 Å². The van der Waals surface area contributed by atoms with E-state index < -0.39 is 0 Å². The molecule has 0 amide bonds. The Morgan fingerprint density at radius 1 is 0.905 bits per heavy atom. The Morgan fingerprint density at radius 2 is 1.43 bits per heavy atom. The summed E-state index contributed by atoms with van der Waals surface area (Å²) in [6.07, 6.45) is 3.32. The number of hydrogen-bond donors (Lipinski definition) is 1. The number of rotatable bonds is 5. The van der Waals surface area contributed by atoms with Crippen LogP contribution in [0.4, 0.5) is 0 Å². The van der Waals surface area contributed by atoms with Gasteiger partial charge in [-0.3, -0.25) is 4.90 Å². The zero-order valence-electron chi connectivity index (χ0n) is 12.5. The van der Waals surface area contributed by atoms with Gasteiger partial charge in [0.15, 0.2) is 0 Å². The summed E-state index contributed by atoms with van der Waals surface area (Å²) in [7, 11) is 0. The van der Waals surface area contributed by atoms with E-state index in [-0.39, 0.29) is 0 Å². The third-order valence-electron chi connectivity index (χ3n) is 4.40. The molecule has 0 saturated carbocycles. The van der Waals surface area contributed by atoms with Crippen LogP contribution in [0.1, 0.15) is 17.5 Å². The lowest BCUT2D eigenvalue weighted by molar-refractivity contribution is 0.236. The average molecular weight is 280 g/mol. The predicted octanol–water partition coefficient (Wildman–Crippen LogP) is 2.87. The molecule has 0 aliphatic carbocycles. The quantitative estimate of drug-likeness (QED) is 0.912. The van der Waals surface area contributed by atoms with Gasteiger partial charge in [0, 0.05) is 25.2 Å². The number of hydrogen-bond acceptors (Lipinski definition) is 2. The fourth-order valence-electron chi connectivity index (χ4n) is 3.25. The van der Waals surface area contributed by atoms with E-state index in [4.69, 9.17) is 5.73 Å². The van der Waals surface area contributed by atoms with Gasteiger partial charge in [0.2, 0.25) is 0 Å². The van der Waals surface area contributed by atoms with Crippen molar-refractivity contribution < 1.29 is 0 Å². The summed E-state index contributed by atoms with van der Waals surface area (Å²) in [6.45, 7) is 2.16. The molecule has 110 valence electrons. The van der Waals surface area contributed by atoms with Gasteiger partial charge in [0.25, 0.3) is 0 Å². The summed E-state index contributed by atoms with van der Waals surface area (Å²) < 4.78 is 0. The van der Waals surface area contributed by atoms with E-state index in [1.807, 2.05) is 0 Å². The molecule has 1 saturated heterocycles. The maximum Gasteiger partial charge on any atom is 0.0180 e. The minimum atomic E-state index is 0.346. The fraction of sp³-hybridized carbons (Fsp3) is 0.368. The van der Waals surface area contributed by atoms with Gasteiger partial charge in [0.05, 0.1) is 0 Å². The first-order valence-electron chi connectivity index (χ1n) is 7.89. The van der Waals surface area contributed by atoms with Crippen molar-refractivity contribution in [2.45, 2.75) is 31.3 Å². The van der Waals surface area contributed by atoms with Gasteiger partial charge in [0.1, 0.15) is 0 Å². The fourth-order valence-corrected chi connectivity index (χ4v) is 3.25. The van der Waals surface area contributed by atoms with E-state index in [9.17, 15) is 0 Å². The number of nitrogens with zero attached hydrogens (tertiary/aromatic N) is 1. The molecule has 2 heteroatoms. The van der Waals surface area contributed by atoms with Gasteiger partial charge in [-0.15, -0.1) is 0 Å². The van der Waals surface area contributed by atoms with E-state index in [0.29, 0.717) is 12.1 Å². The van der Waals surface area contributed by atoms with E-state index in [1.54, 1.807) is 0 Å². The largest absolute Gasteiger partial charge is 0.326 e. The number of nitrogens with two attached hydrogens (primary N) is 1. The van der Waals surface area contributed by atoms with Gasteiger partial charge >= 0.3 is 0 Å². The summed E-state index contributed by atoms with van der Waals surface area (Å²) in [5.41, 5.74) is 8.94. The molecule has 0 radical (unpaired) electrons. The third-order valence-corrected chi connectivity index (χ3v) is 4.40. The van der Waals surface area contributed by atoms with E-state index in [2.05, 4.69) is 65.6 Å². The SMILES string of the molecule is NC1CCN(C(Cc2ccccc2)Cc2ccccc2)C1. The van der Waals surface area contributed by atoms with Crippen LogP contribution in [-0.2, 0) is 12.8 Å². The summed E-state index contributed by atoms with van der Waals surface area (Å²) in [5, 5.41) is 0. The molecule has 2 aromatic rings. The lowest BCUT2D eigenvalue weighted by Gasteiger charge is -2.28. The van der Waals surface area contributed by atoms with Crippen LogP contribution in [0.3, 0.4) is 0 Å². The maximum absolute atomic E-state index is 6.11. The Hall–Kier alpha value is -1.64. The molecule has 3 rings (SSSR count). The van der Waals surface area contributed by atoms with Crippen LogP contribution in [0, 0.1) is 0 Å². The number of benzene rings is 2. The molecule has 1 heterocycles. The molecule has 0 spiro atoms. The van der Waals surface area contributed by atoms with E-state index >= 15 is 0 Å². The monoisotopic (exact) mass is 280 g/mol. The Kier molecular flexibility index (Phi) is 4.69. The van der Waals surface area contributed by atoms with Crippen molar-refractivity contribution >= 4 is 0 Å². The molecule has 1 unspecified atom stereocenters. The maximum atomic E-state index is 6.11. The van der Waals surface area contributed by atoms with Crippen LogP contribution in [-0.4, -0.2) is 30.1 Å². The summed E-state index contributed by atoms with van der Waals surface area (Å²) in [5.74, 6) is 0. The van der Waals surface area contributed by atoms with Gasteiger partial charge in [-0.25, -0.2) is 0 Å². The highest BCUT2D eigenvalue weighted by atomic mass is 15.2. The first-order valence-corrected chi connectivity index (χ1v) is 7.89. The average Bonchev–Trinajstić information content (AvgIpc) is 2.95. The normalized spacial score (nSPS) is 19.2. The standard InChI is InChI=1S/C19H24N2/c20-18-11-12-21(15-18)19(13-16-7-3-1-4-8-16)14-17-9-5-2-6-10-17/h1-10,18-19H,11-15,20H2. The molecule has 0 aromatic heterocycles. The summed E-state index contributed by atoms with van der Waals surface area (Å²) in [6, 6.07) is 22.5. The topological polar surface area (TPSA) is 29.3 Å². The van der Waals surface area contributed by atoms with Crippen molar-refractivity contribution in [3.8, 4) is 0 Å². The smallest absolute Gasteiger partial charge is 0.0180 e. The lowest BCUT2D eigenvalue weighted by Crippen LogP contribution is -2.38. The van der Waals surface area contributed by atoms with Crippen LogP contribution >= 0.6 is 0 Å². The minimum absolute atomic E-state index is 0.346. The van der Waals surface area contributed by atoms with Crippen molar-refractivity contribution in [3.63, 3.8) is 0 Å². The molecule has 2 N–H and O–H groups in total. The molecule has 2 aromatic carbocycles. The molecule has 1 aliphatic heterocycles. The second-order valence-corrected chi connectivity index (χ2v) is 6.08. The highest BCUT2D eigenvalue weighted by Gasteiger charge is 2.26. The summed E-state index contributed by atoms with van der Waals surface area (Å²) in [4.78, 5) is 2.57.